The molecule has 0 unspecified atom stereocenters. The summed E-state index contributed by atoms with van der Waals surface area (Å²) >= 11 is 5.76. The third-order valence-electron chi connectivity index (χ3n) is 1.95. The average molecular weight is 299 g/mol. The van der Waals surface area contributed by atoms with Gasteiger partial charge in [-0.1, -0.05) is 23.4 Å². The fourth-order valence-electron chi connectivity index (χ4n) is 1.21. The van der Waals surface area contributed by atoms with E-state index >= 15 is 0 Å². The number of halogens is 2. The molecule has 4 nitrogen and oxygen atoms in total. The van der Waals surface area contributed by atoms with Gasteiger partial charge in [-0.05, 0) is 26.8 Å². The van der Waals surface area contributed by atoms with Crippen molar-refractivity contribution in [2.75, 3.05) is 6.54 Å². The van der Waals surface area contributed by atoms with E-state index in [-0.39, 0.29) is 5.15 Å². The zero-order chi connectivity index (χ0) is 15.2. The number of alkyl carbamates (subject to hydrolysis) is 1. The highest BCUT2D eigenvalue weighted by molar-refractivity contribution is 6.30. The van der Waals surface area contributed by atoms with Crippen LogP contribution in [0, 0.1) is 17.7 Å². The molecule has 1 heterocycles. The van der Waals surface area contributed by atoms with Crippen LogP contribution in [0.1, 0.15) is 32.8 Å². The summed E-state index contributed by atoms with van der Waals surface area (Å²) in [7, 11) is 0. The number of carbonyl (C=O) groups excluding carboxylic acids is 1. The van der Waals surface area contributed by atoms with Gasteiger partial charge in [0.1, 0.15) is 16.6 Å². The summed E-state index contributed by atoms with van der Waals surface area (Å²) in [5.41, 5.74) is -0.208. The van der Waals surface area contributed by atoms with Crippen molar-refractivity contribution in [1.29, 1.82) is 0 Å². The van der Waals surface area contributed by atoms with Crippen molar-refractivity contribution in [2.45, 2.75) is 32.8 Å². The lowest BCUT2D eigenvalue weighted by Gasteiger charge is -2.19. The molecule has 0 aliphatic carbocycles. The van der Waals surface area contributed by atoms with E-state index in [2.05, 4.69) is 22.1 Å². The number of nitrogens with zero attached hydrogens (tertiary/aromatic N) is 1. The molecular weight excluding hydrogens is 283 g/mol. The van der Waals surface area contributed by atoms with Crippen LogP contribution in [0.25, 0.3) is 0 Å². The lowest BCUT2D eigenvalue weighted by atomic mass is 10.2. The Hall–Kier alpha value is -1.80. The van der Waals surface area contributed by atoms with Gasteiger partial charge < -0.3 is 10.1 Å². The van der Waals surface area contributed by atoms with Crippen molar-refractivity contribution in [2.24, 2.45) is 0 Å². The lowest BCUT2D eigenvalue weighted by molar-refractivity contribution is 0.0529. The maximum atomic E-state index is 12.9. The normalized spacial score (nSPS) is 10.4. The van der Waals surface area contributed by atoms with Gasteiger partial charge in [0.15, 0.2) is 0 Å². The Morgan fingerprint density at radius 2 is 2.25 bits per heavy atom. The topological polar surface area (TPSA) is 51.2 Å². The van der Waals surface area contributed by atoms with Gasteiger partial charge in [-0.3, -0.25) is 0 Å². The molecule has 6 heteroatoms. The number of hydrogen-bond acceptors (Lipinski definition) is 3. The second kappa shape index (κ2) is 7.11. The highest BCUT2D eigenvalue weighted by Crippen LogP contribution is 2.12. The Bertz CT molecular complexity index is 544. The highest BCUT2D eigenvalue weighted by Gasteiger charge is 2.15. The number of hydrogen-bond donors (Lipinski definition) is 1. The molecule has 0 saturated heterocycles. The van der Waals surface area contributed by atoms with E-state index in [0.717, 1.165) is 6.20 Å². The molecule has 1 aromatic rings. The Balaban J connectivity index is 2.40. The minimum absolute atomic E-state index is 0.152. The van der Waals surface area contributed by atoms with E-state index in [1.165, 1.54) is 6.07 Å². The van der Waals surface area contributed by atoms with Crippen molar-refractivity contribution in [3.8, 4) is 11.8 Å². The van der Waals surface area contributed by atoms with Crippen LogP contribution in [0.3, 0.4) is 0 Å². The van der Waals surface area contributed by atoms with E-state index in [9.17, 15) is 9.18 Å². The highest BCUT2D eigenvalue weighted by atomic mass is 35.5. The summed E-state index contributed by atoms with van der Waals surface area (Å²) in [6.45, 7) is 5.68. The predicted molar refractivity (Wildman–Crippen MR) is 74.9 cm³/mol. The SMILES string of the molecule is CC(C)(C)OC(=O)NCCC#Cc1cc(F)cnc1Cl. The summed E-state index contributed by atoms with van der Waals surface area (Å²) in [6.07, 6.45) is 0.925. The maximum absolute atomic E-state index is 12.9. The van der Waals surface area contributed by atoms with E-state index in [1.807, 2.05) is 0 Å². The first kappa shape index (κ1) is 16.3. The molecule has 0 bridgehead atoms. The zero-order valence-electron chi connectivity index (χ0n) is 11.6. The van der Waals surface area contributed by atoms with Crippen LogP contribution in [0.5, 0.6) is 0 Å². The van der Waals surface area contributed by atoms with Gasteiger partial charge in [-0.25, -0.2) is 14.2 Å². The number of aromatic nitrogens is 1. The van der Waals surface area contributed by atoms with Crippen LogP contribution in [0.15, 0.2) is 12.3 Å². The predicted octanol–water partition coefficient (Wildman–Crippen LogP) is 3.14. The van der Waals surface area contributed by atoms with Gasteiger partial charge in [0, 0.05) is 13.0 Å². The third-order valence-corrected chi connectivity index (χ3v) is 2.25. The largest absolute Gasteiger partial charge is 0.444 e. The summed E-state index contributed by atoms with van der Waals surface area (Å²) in [5, 5.41) is 2.72. The summed E-state index contributed by atoms with van der Waals surface area (Å²) < 4.78 is 18.0. The molecule has 0 atom stereocenters. The van der Waals surface area contributed by atoms with Crippen LogP contribution >= 0.6 is 11.6 Å². The number of carbonyl (C=O) groups is 1. The fourth-order valence-corrected chi connectivity index (χ4v) is 1.36. The van der Waals surface area contributed by atoms with Crippen LogP contribution in [0.2, 0.25) is 5.15 Å². The first-order chi connectivity index (χ1) is 9.28. The standard InChI is InChI=1S/C14H16ClFN2O2/c1-14(2,3)20-13(19)17-7-5-4-6-10-8-11(16)9-18-12(10)15/h8-9H,5,7H2,1-3H3,(H,17,19). The number of rotatable bonds is 2. The molecule has 0 saturated carbocycles. The molecular formula is C14H16ClFN2O2. The van der Waals surface area contributed by atoms with Crippen LogP contribution in [-0.2, 0) is 4.74 Å². The van der Waals surface area contributed by atoms with Crippen LogP contribution in [0.4, 0.5) is 9.18 Å². The van der Waals surface area contributed by atoms with E-state index < -0.39 is 17.5 Å². The molecule has 0 spiro atoms. The number of amides is 1. The molecule has 0 aliphatic heterocycles. The van der Waals surface area contributed by atoms with Crippen molar-refractivity contribution < 1.29 is 13.9 Å². The van der Waals surface area contributed by atoms with Gasteiger partial charge in [0.05, 0.1) is 11.8 Å². The van der Waals surface area contributed by atoms with E-state index in [1.54, 1.807) is 20.8 Å². The quantitative estimate of drug-likeness (QED) is 0.518. The van der Waals surface area contributed by atoms with Gasteiger partial charge in [-0.2, -0.15) is 0 Å². The molecule has 1 aromatic heterocycles. The molecule has 1 rings (SSSR count). The van der Waals surface area contributed by atoms with Gasteiger partial charge in [0.2, 0.25) is 0 Å². The van der Waals surface area contributed by atoms with Gasteiger partial charge in [0.25, 0.3) is 0 Å². The molecule has 1 amide bonds. The Kier molecular flexibility index (Phi) is 5.78. The second-order valence-electron chi connectivity index (χ2n) is 4.97. The first-order valence-corrected chi connectivity index (χ1v) is 6.42. The van der Waals surface area contributed by atoms with Crippen molar-refractivity contribution in [3.63, 3.8) is 0 Å². The Morgan fingerprint density at radius 1 is 1.55 bits per heavy atom. The molecule has 0 fully saturated rings. The monoisotopic (exact) mass is 298 g/mol. The Morgan fingerprint density at radius 3 is 2.90 bits per heavy atom. The molecule has 0 aliphatic rings. The van der Waals surface area contributed by atoms with E-state index in [4.69, 9.17) is 16.3 Å². The molecule has 1 N–H and O–H groups in total. The third kappa shape index (κ3) is 6.39. The average Bonchev–Trinajstić information content (AvgIpc) is 2.30. The van der Waals surface area contributed by atoms with Gasteiger partial charge in [-0.15, -0.1) is 0 Å². The first-order valence-electron chi connectivity index (χ1n) is 6.05. The number of nitrogens with one attached hydrogen (secondary N) is 1. The fraction of sp³-hybridized carbons (Fsp3) is 0.429. The minimum Gasteiger partial charge on any atom is -0.444 e. The molecule has 0 aromatic carbocycles. The molecule has 0 radical (unpaired) electrons. The molecule has 108 valence electrons. The minimum atomic E-state index is -0.531. The smallest absolute Gasteiger partial charge is 0.407 e. The molecule has 20 heavy (non-hydrogen) atoms. The maximum Gasteiger partial charge on any atom is 0.407 e. The van der Waals surface area contributed by atoms with Crippen molar-refractivity contribution in [1.82, 2.24) is 10.3 Å². The summed E-state index contributed by atoms with van der Waals surface area (Å²) in [6, 6.07) is 1.21. The van der Waals surface area contributed by atoms with E-state index in [0.29, 0.717) is 18.5 Å². The second-order valence-corrected chi connectivity index (χ2v) is 5.33. The lowest BCUT2D eigenvalue weighted by Crippen LogP contribution is -2.32. The zero-order valence-corrected chi connectivity index (χ0v) is 12.3. The van der Waals surface area contributed by atoms with Crippen LogP contribution < -0.4 is 5.32 Å². The summed E-state index contributed by atoms with van der Waals surface area (Å²) in [4.78, 5) is 15.0. The summed E-state index contributed by atoms with van der Waals surface area (Å²) in [5.74, 6) is 4.98. The van der Waals surface area contributed by atoms with Crippen molar-refractivity contribution >= 4 is 17.7 Å². The van der Waals surface area contributed by atoms with Crippen LogP contribution in [-0.4, -0.2) is 23.2 Å². The Labute approximate surface area is 122 Å². The van der Waals surface area contributed by atoms with Crippen molar-refractivity contribution in [3.05, 3.63) is 28.8 Å². The number of pyridine rings is 1. The van der Waals surface area contributed by atoms with Gasteiger partial charge >= 0.3 is 6.09 Å². The number of ether oxygens (including phenoxy) is 1.